The van der Waals surface area contributed by atoms with Crippen LogP contribution in [0.4, 0.5) is 5.00 Å². The third-order valence-electron chi connectivity index (χ3n) is 7.10. The van der Waals surface area contributed by atoms with Gasteiger partial charge in [0.05, 0.1) is 22.3 Å². The standard InChI is InChI=1S/C30H29N3OS/c1-18-8-7-9-19(14-18)26-16-23(21-10-5-6-11-25(21)32-26)28(34)33-29-24(17-31)22-13-12-20(30(2,3)4)15-27(22)35-29/h5-11,14,16,20H,12-13,15H2,1-4H3,(H,33,34)/t20-/m1/s1. The number of nitriles is 1. The van der Waals surface area contributed by atoms with E-state index in [1.165, 1.54) is 4.88 Å². The van der Waals surface area contributed by atoms with Crippen molar-refractivity contribution in [2.75, 3.05) is 5.32 Å². The van der Waals surface area contributed by atoms with Gasteiger partial charge in [-0.2, -0.15) is 5.26 Å². The average molecular weight is 480 g/mol. The number of amides is 1. The summed E-state index contributed by atoms with van der Waals surface area (Å²) in [5.41, 5.74) is 6.18. The highest BCUT2D eigenvalue weighted by Gasteiger charge is 2.32. The molecule has 35 heavy (non-hydrogen) atoms. The largest absolute Gasteiger partial charge is 0.312 e. The molecular formula is C30H29N3OS. The first-order valence-electron chi connectivity index (χ1n) is 12.1. The quantitative estimate of drug-likeness (QED) is 0.330. The van der Waals surface area contributed by atoms with Crippen molar-refractivity contribution in [2.45, 2.75) is 47.0 Å². The van der Waals surface area contributed by atoms with Gasteiger partial charge in [0, 0.05) is 15.8 Å². The topological polar surface area (TPSA) is 65.8 Å². The average Bonchev–Trinajstić information content (AvgIpc) is 3.18. The molecule has 0 radical (unpaired) electrons. The molecule has 1 amide bonds. The van der Waals surface area contributed by atoms with Crippen LogP contribution in [0.15, 0.2) is 54.6 Å². The molecule has 4 aromatic rings. The highest BCUT2D eigenvalue weighted by Crippen LogP contribution is 2.44. The number of nitrogens with zero attached hydrogens (tertiary/aromatic N) is 2. The fourth-order valence-electron chi connectivity index (χ4n) is 5.02. The lowest BCUT2D eigenvalue weighted by Crippen LogP contribution is -2.26. The summed E-state index contributed by atoms with van der Waals surface area (Å²) < 4.78 is 0. The van der Waals surface area contributed by atoms with Gasteiger partial charge in [-0.15, -0.1) is 11.3 Å². The lowest BCUT2D eigenvalue weighted by Gasteiger charge is -2.33. The predicted molar refractivity (Wildman–Crippen MR) is 144 cm³/mol. The number of thiophene rings is 1. The summed E-state index contributed by atoms with van der Waals surface area (Å²) in [6, 6.07) is 20.1. The van der Waals surface area contributed by atoms with Crippen LogP contribution < -0.4 is 5.32 Å². The molecule has 1 N–H and O–H groups in total. The number of rotatable bonds is 3. The molecule has 2 heterocycles. The zero-order valence-corrected chi connectivity index (χ0v) is 21.4. The van der Waals surface area contributed by atoms with Crippen molar-refractivity contribution in [3.63, 3.8) is 0 Å². The Kier molecular flexibility index (Phi) is 5.94. The number of hydrogen-bond donors (Lipinski definition) is 1. The van der Waals surface area contributed by atoms with Gasteiger partial charge in [-0.05, 0) is 61.3 Å². The van der Waals surface area contributed by atoms with Gasteiger partial charge in [0.25, 0.3) is 5.91 Å². The summed E-state index contributed by atoms with van der Waals surface area (Å²) in [5, 5.41) is 14.5. The van der Waals surface area contributed by atoms with E-state index in [1.54, 1.807) is 11.3 Å². The Balaban J connectivity index is 1.54. The van der Waals surface area contributed by atoms with E-state index >= 15 is 0 Å². The summed E-state index contributed by atoms with van der Waals surface area (Å²) in [6.07, 6.45) is 2.93. The Labute approximate surface area is 210 Å². The molecule has 0 unspecified atom stereocenters. The number of carbonyl (C=O) groups is 1. The Morgan fingerprint density at radius 1 is 1.14 bits per heavy atom. The number of hydrogen-bond acceptors (Lipinski definition) is 4. The molecule has 4 nitrogen and oxygen atoms in total. The fourth-order valence-corrected chi connectivity index (χ4v) is 6.29. The molecule has 0 bridgehead atoms. The van der Waals surface area contributed by atoms with Crippen LogP contribution in [0.2, 0.25) is 0 Å². The number of para-hydroxylation sites is 1. The van der Waals surface area contributed by atoms with Crippen LogP contribution >= 0.6 is 11.3 Å². The Morgan fingerprint density at radius 2 is 1.94 bits per heavy atom. The highest BCUT2D eigenvalue weighted by molar-refractivity contribution is 7.16. The van der Waals surface area contributed by atoms with E-state index in [0.29, 0.717) is 22.0 Å². The smallest absolute Gasteiger partial charge is 0.257 e. The second-order valence-corrected chi connectivity index (χ2v) is 11.6. The molecule has 2 aromatic carbocycles. The molecule has 5 rings (SSSR count). The van der Waals surface area contributed by atoms with Crippen molar-refractivity contribution in [3.05, 3.63) is 81.7 Å². The van der Waals surface area contributed by atoms with Gasteiger partial charge < -0.3 is 5.32 Å². The van der Waals surface area contributed by atoms with Crippen LogP contribution in [-0.4, -0.2) is 10.9 Å². The fraction of sp³-hybridized carbons (Fsp3) is 0.300. The Bertz CT molecular complexity index is 1490. The Morgan fingerprint density at radius 3 is 2.69 bits per heavy atom. The summed E-state index contributed by atoms with van der Waals surface area (Å²) >= 11 is 1.57. The Hall–Kier alpha value is -3.49. The summed E-state index contributed by atoms with van der Waals surface area (Å²) in [7, 11) is 0. The molecule has 2 aromatic heterocycles. The van der Waals surface area contributed by atoms with Crippen LogP contribution in [0, 0.1) is 29.6 Å². The number of fused-ring (bicyclic) bond motifs is 2. The predicted octanol–water partition coefficient (Wildman–Crippen LogP) is 7.55. The minimum absolute atomic E-state index is 0.208. The monoisotopic (exact) mass is 479 g/mol. The molecule has 0 saturated carbocycles. The maximum Gasteiger partial charge on any atom is 0.257 e. The molecule has 1 atom stereocenters. The van der Waals surface area contributed by atoms with E-state index in [1.807, 2.05) is 55.5 Å². The summed E-state index contributed by atoms with van der Waals surface area (Å²) in [4.78, 5) is 19.7. The number of anilines is 1. The minimum Gasteiger partial charge on any atom is -0.312 e. The summed E-state index contributed by atoms with van der Waals surface area (Å²) in [6.45, 7) is 8.89. The van der Waals surface area contributed by atoms with Crippen LogP contribution in [-0.2, 0) is 12.8 Å². The number of carbonyl (C=O) groups excluding carboxylic acids is 1. The van der Waals surface area contributed by atoms with E-state index in [-0.39, 0.29) is 11.3 Å². The maximum atomic E-state index is 13.6. The first kappa shape index (κ1) is 23.3. The SMILES string of the molecule is Cc1cccc(-c2cc(C(=O)Nc3sc4c(c3C#N)CC[C@@H](C(C)(C)C)C4)c3ccccc3n2)c1. The second kappa shape index (κ2) is 8.94. The van der Waals surface area contributed by atoms with E-state index < -0.39 is 0 Å². The molecule has 0 spiro atoms. The van der Waals surface area contributed by atoms with Gasteiger partial charge in [0.1, 0.15) is 11.1 Å². The second-order valence-electron chi connectivity index (χ2n) is 10.5. The molecule has 1 aliphatic carbocycles. The van der Waals surface area contributed by atoms with Gasteiger partial charge in [-0.1, -0.05) is 62.7 Å². The van der Waals surface area contributed by atoms with Gasteiger partial charge >= 0.3 is 0 Å². The normalized spacial score (nSPS) is 15.5. The number of nitrogens with one attached hydrogen (secondary N) is 1. The van der Waals surface area contributed by atoms with Crippen molar-refractivity contribution >= 4 is 33.1 Å². The minimum atomic E-state index is -0.208. The maximum absolute atomic E-state index is 13.6. The zero-order valence-electron chi connectivity index (χ0n) is 20.6. The van der Waals surface area contributed by atoms with Crippen LogP contribution in [0.25, 0.3) is 22.2 Å². The van der Waals surface area contributed by atoms with Crippen molar-refractivity contribution in [2.24, 2.45) is 11.3 Å². The van der Waals surface area contributed by atoms with Crippen molar-refractivity contribution in [1.29, 1.82) is 5.26 Å². The molecule has 0 saturated heterocycles. The molecule has 0 fully saturated rings. The molecule has 0 aliphatic heterocycles. The van der Waals surface area contributed by atoms with Gasteiger partial charge in [-0.3, -0.25) is 4.79 Å². The van der Waals surface area contributed by atoms with Gasteiger partial charge in [0.15, 0.2) is 0 Å². The van der Waals surface area contributed by atoms with Crippen molar-refractivity contribution < 1.29 is 4.79 Å². The number of benzene rings is 2. The number of aromatic nitrogens is 1. The van der Waals surface area contributed by atoms with E-state index in [4.69, 9.17) is 4.98 Å². The first-order chi connectivity index (χ1) is 16.7. The number of aryl methyl sites for hydroxylation is 1. The lowest BCUT2D eigenvalue weighted by atomic mass is 9.72. The highest BCUT2D eigenvalue weighted by atomic mass is 32.1. The van der Waals surface area contributed by atoms with Gasteiger partial charge in [-0.25, -0.2) is 4.98 Å². The third-order valence-corrected chi connectivity index (χ3v) is 8.27. The molecule has 5 heteroatoms. The first-order valence-corrected chi connectivity index (χ1v) is 12.9. The van der Waals surface area contributed by atoms with Crippen LogP contribution in [0.5, 0.6) is 0 Å². The van der Waals surface area contributed by atoms with E-state index in [0.717, 1.165) is 52.5 Å². The summed E-state index contributed by atoms with van der Waals surface area (Å²) in [5.74, 6) is 0.366. The molecular weight excluding hydrogens is 450 g/mol. The lowest BCUT2D eigenvalue weighted by molar-refractivity contribution is 0.102. The molecule has 1 aliphatic rings. The zero-order chi connectivity index (χ0) is 24.7. The third kappa shape index (κ3) is 4.47. The number of pyridine rings is 1. The van der Waals surface area contributed by atoms with E-state index in [2.05, 4.69) is 38.2 Å². The molecule has 176 valence electrons. The van der Waals surface area contributed by atoms with Crippen LogP contribution in [0.3, 0.4) is 0 Å². The van der Waals surface area contributed by atoms with Gasteiger partial charge in [0.2, 0.25) is 0 Å². The van der Waals surface area contributed by atoms with Crippen molar-refractivity contribution in [1.82, 2.24) is 4.98 Å². The van der Waals surface area contributed by atoms with E-state index in [9.17, 15) is 10.1 Å². The van der Waals surface area contributed by atoms with Crippen LogP contribution in [0.1, 0.15) is 59.1 Å². The van der Waals surface area contributed by atoms with Crippen molar-refractivity contribution in [3.8, 4) is 17.3 Å².